The second-order valence-electron chi connectivity index (χ2n) is 7.71. The van der Waals surface area contributed by atoms with Crippen molar-refractivity contribution in [1.29, 1.82) is 0 Å². The van der Waals surface area contributed by atoms with Gasteiger partial charge in [-0.3, -0.25) is 13.9 Å². The number of benzene rings is 3. The van der Waals surface area contributed by atoms with Gasteiger partial charge in [0.1, 0.15) is 18.0 Å². The number of para-hydroxylation sites is 1. The highest BCUT2D eigenvalue weighted by molar-refractivity contribution is 7.92. The molecule has 0 aliphatic heterocycles. The predicted molar refractivity (Wildman–Crippen MR) is 138 cm³/mol. The number of carbonyl (C=O) groups is 2. The molecule has 0 fully saturated rings. The fraction of sp³-hybridized carbons (Fsp3) is 0.231. The lowest BCUT2D eigenvalue weighted by atomic mass is 10.1. The van der Waals surface area contributed by atoms with Crippen LogP contribution in [0.1, 0.15) is 23.7 Å². The van der Waals surface area contributed by atoms with Crippen molar-refractivity contribution in [1.82, 2.24) is 5.32 Å². The van der Waals surface area contributed by atoms with E-state index in [0.717, 1.165) is 10.7 Å². The van der Waals surface area contributed by atoms with E-state index in [1.54, 1.807) is 54.6 Å². The second-order valence-corrected chi connectivity index (χ2v) is 9.57. The van der Waals surface area contributed by atoms with Crippen molar-refractivity contribution in [2.24, 2.45) is 0 Å². The van der Waals surface area contributed by atoms with Gasteiger partial charge >= 0.3 is 0 Å². The molecule has 36 heavy (non-hydrogen) atoms. The summed E-state index contributed by atoms with van der Waals surface area (Å²) in [4.78, 5) is 25.7. The quantitative estimate of drug-likeness (QED) is 0.406. The van der Waals surface area contributed by atoms with Gasteiger partial charge in [0.25, 0.3) is 15.9 Å². The molecule has 3 rings (SSSR count). The lowest BCUT2D eigenvalue weighted by Crippen LogP contribution is -2.38. The molecule has 0 saturated heterocycles. The average molecular weight is 512 g/mol. The molecular weight excluding hydrogens is 482 g/mol. The fourth-order valence-electron chi connectivity index (χ4n) is 3.46. The zero-order chi connectivity index (χ0) is 26.1. The predicted octanol–water partition coefficient (Wildman–Crippen LogP) is 3.68. The summed E-state index contributed by atoms with van der Waals surface area (Å²) in [7, 11) is -1.32. The SMILES string of the molecule is CCCNC(=O)c1ccccc1NC(=O)CN(c1cc(OC)ccc1OC)S(=O)(=O)c1ccccc1. The summed E-state index contributed by atoms with van der Waals surface area (Å²) < 4.78 is 39.0. The molecular formula is C26H29N3O6S. The first-order valence-electron chi connectivity index (χ1n) is 11.3. The van der Waals surface area contributed by atoms with Gasteiger partial charge in [0.05, 0.1) is 36.1 Å². The zero-order valence-corrected chi connectivity index (χ0v) is 21.2. The third-order valence-electron chi connectivity index (χ3n) is 5.25. The standard InChI is InChI=1S/C26H29N3O6S/c1-4-16-27-26(31)21-12-8-9-13-22(21)28-25(30)18-29(36(32,33)20-10-6-5-7-11-20)23-17-19(34-2)14-15-24(23)35-3/h5-15,17H,4,16,18H2,1-3H3,(H,27,31)(H,28,30). The van der Waals surface area contributed by atoms with Gasteiger partial charge in [-0.2, -0.15) is 0 Å². The van der Waals surface area contributed by atoms with E-state index in [2.05, 4.69) is 10.6 Å². The maximum atomic E-state index is 13.7. The van der Waals surface area contributed by atoms with Gasteiger partial charge in [-0.15, -0.1) is 0 Å². The average Bonchev–Trinajstić information content (AvgIpc) is 2.90. The Labute approximate surface area is 211 Å². The van der Waals surface area contributed by atoms with E-state index >= 15 is 0 Å². The Hall–Kier alpha value is -4.05. The topological polar surface area (TPSA) is 114 Å². The Kier molecular flexibility index (Phi) is 8.91. The van der Waals surface area contributed by atoms with Crippen LogP contribution in [-0.2, 0) is 14.8 Å². The molecule has 0 heterocycles. The Morgan fingerprint density at radius 2 is 1.61 bits per heavy atom. The number of nitrogens with one attached hydrogen (secondary N) is 2. The first kappa shape index (κ1) is 26.6. The Morgan fingerprint density at radius 3 is 2.28 bits per heavy atom. The molecule has 0 radical (unpaired) electrons. The van der Waals surface area contributed by atoms with Crippen LogP contribution in [0, 0.1) is 0 Å². The van der Waals surface area contributed by atoms with Gasteiger partial charge in [-0.25, -0.2) is 8.42 Å². The lowest BCUT2D eigenvalue weighted by Gasteiger charge is -2.26. The summed E-state index contributed by atoms with van der Waals surface area (Å²) >= 11 is 0. The summed E-state index contributed by atoms with van der Waals surface area (Å²) in [5.41, 5.74) is 0.673. The first-order chi connectivity index (χ1) is 17.3. The van der Waals surface area contributed by atoms with Gasteiger partial charge in [0.2, 0.25) is 5.91 Å². The molecule has 0 aromatic heterocycles. The molecule has 190 valence electrons. The summed E-state index contributed by atoms with van der Waals surface area (Å²) in [6, 6.07) is 19.0. The van der Waals surface area contributed by atoms with E-state index in [-0.39, 0.29) is 33.5 Å². The third kappa shape index (κ3) is 6.14. The number of sulfonamides is 1. The molecule has 0 aliphatic rings. The number of hydrogen-bond acceptors (Lipinski definition) is 6. The van der Waals surface area contributed by atoms with Gasteiger partial charge in [-0.1, -0.05) is 37.3 Å². The van der Waals surface area contributed by atoms with Crippen LogP contribution in [-0.4, -0.2) is 47.5 Å². The highest BCUT2D eigenvalue weighted by Gasteiger charge is 2.30. The maximum absolute atomic E-state index is 13.7. The van der Waals surface area contributed by atoms with E-state index in [9.17, 15) is 18.0 Å². The van der Waals surface area contributed by atoms with Crippen LogP contribution in [0.4, 0.5) is 11.4 Å². The monoisotopic (exact) mass is 511 g/mol. The fourth-order valence-corrected chi connectivity index (χ4v) is 4.90. The number of nitrogens with zero attached hydrogens (tertiary/aromatic N) is 1. The summed E-state index contributed by atoms with van der Waals surface area (Å²) in [5.74, 6) is -0.356. The molecule has 3 aromatic carbocycles. The molecule has 0 bridgehead atoms. The summed E-state index contributed by atoms with van der Waals surface area (Å²) in [5, 5.41) is 5.46. The lowest BCUT2D eigenvalue weighted by molar-refractivity contribution is -0.114. The maximum Gasteiger partial charge on any atom is 0.264 e. The van der Waals surface area contributed by atoms with Crippen LogP contribution in [0.15, 0.2) is 77.7 Å². The minimum Gasteiger partial charge on any atom is -0.497 e. The van der Waals surface area contributed by atoms with Crippen molar-refractivity contribution < 1.29 is 27.5 Å². The van der Waals surface area contributed by atoms with Gasteiger partial charge < -0.3 is 20.1 Å². The van der Waals surface area contributed by atoms with Crippen LogP contribution in [0.3, 0.4) is 0 Å². The van der Waals surface area contributed by atoms with Crippen molar-refractivity contribution in [3.8, 4) is 11.5 Å². The number of hydrogen-bond donors (Lipinski definition) is 2. The van der Waals surface area contributed by atoms with Crippen molar-refractivity contribution >= 4 is 33.2 Å². The molecule has 0 atom stereocenters. The van der Waals surface area contributed by atoms with Crippen LogP contribution >= 0.6 is 0 Å². The normalized spacial score (nSPS) is 10.9. The number of anilines is 2. The largest absolute Gasteiger partial charge is 0.497 e. The molecule has 0 saturated carbocycles. The highest BCUT2D eigenvalue weighted by Crippen LogP contribution is 2.35. The van der Waals surface area contributed by atoms with Crippen LogP contribution in [0.2, 0.25) is 0 Å². The van der Waals surface area contributed by atoms with E-state index in [0.29, 0.717) is 12.3 Å². The molecule has 0 unspecified atom stereocenters. The number of carbonyl (C=O) groups excluding carboxylic acids is 2. The molecule has 9 nitrogen and oxygen atoms in total. The van der Waals surface area contributed by atoms with Gasteiger partial charge in [-0.05, 0) is 42.8 Å². The highest BCUT2D eigenvalue weighted by atomic mass is 32.2. The molecule has 2 amide bonds. The molecule has 2 N–H and O–H groups in total. The third-order valence-corrected chi connectivity index (χ3v) is 7.03. The molecule has 3 aromatic rings. The van der Waals surface area contributed by atoms with E-state index < -0.39 is 22.5 Å². The van der Waals surface area contributed by atoms with Crippen LogP contribution in [0.25, 0.3) is 0 Å². The summed E-state index contributed by atoms with van der Waals surface area (Å²) in [6.07, 6.45) is 0.759. The zero-order valence-electron chi connectivity index (χ0n) is 20.4. The Morgan fingerprint density at radius 1 is 0.917 bits per heavy atom. The van der Waals surface area contributed by atoms with Crippen molar-refractivity contribution in [2.45, 2.75) is 18.2 Å². The Bertz CT molecular complexity index is 1310. The van der Waals surface area contributed by atoms with Crippen molar-refractivity contribution in [2.75, 3.05) is 36.9 Å². The van der Waals surface area contributed by atoms with E-state index in [1.807, 2.05) is 6.92 Å². The number of rotatable bonds is 11. The number of methoxy groups -OCH3 is 2. The van der Waals surface area contributed by atoms with Gasteiger partial charge in [0, 0.05) is 12.6 Å². The number of ether oxygens (including phenoxy) is 2. The minimum absolute atomic E-state index is 0.00187. The van der Waals surface area contributed by atoms with Crippen LogP contribution in [0.5, 0.6) is 11.5 Å². The van der Waals surface area contributed by atoms with E-state index in [4.69, 9.17) is 9.47 Å². The number of amides is 2. The molecule has 0 aliphatic carbocycles. The van der Waals surface area contributed by atoms with Crippen LogP contribution < -0.4 is 24.4 Å². The Balaban J connectivity index is 2.00. The van der Waals surface area contributed by atoms with Crippen molar-refractivity contribution in [3.63, 3.8) is 0 Å². The smallest absolute Gasteiger partial charge is 0.264 e. The minimum atomic E-state index is -4.18. The van der Waals surface area contributed by atoms with E-state index in [1.165, 1.54) is 32.4 Å². The van der Waals surface area contributed by atoms with Gasteiger partial charge in [0.15, 0.2) is 0 Å². The first-order valence-corrected chi connectivity index (χ1v) is 12.7. The molecule has 10 heteroatoms. The van der Waals surface area contributed by atoms with Crippen molar-refractivity contribution in [3.05, 3.63) is 78.4 Å². The summed E-state index contributed by atoms with van der Waals surface area (Å²) in [6.45, 7) is 1.84. The second kappa shape index (κ2) is 12.1. The molecule has 0 spiro atoms.